The number of amides is 1. The second-order valence-electron chi connectivity index (χ2n) is 7.37. The molecule has 3 aromatic carbocycles. The van der Waals surface area contributed by atoms with Crippen molar-refractivity contribution in [1.82, 2.24) is 0 Å². The molecule has 26 heavy (non-hydrogen) atoms. The number of nitrogens with one attached hydrogen (secondary N) is 1. The van der Waals surface area contributed by atoms with Crippen LogP contribution in [0.1, 0.15) is 36.8 Å². The molecule has 3 aromatic rings. The van der Waals surface area contributed by atoms with Gasteiger partial charge in [0.1, 0.15) is 0 Å². The van der Waals surface area contributed by atoms with Crippen molar-refractivity contribution in [3.05, 3.63) is 77.9 Å². The van der Waals surface area contributed by atoms with Crippen molar-refractivity contribution in [2.24, 2.45) is 5.73 Å². The van der Waals surface area contributed by atoms with E-state index in [2.05, 4.69) is 48.6 Å². The smallest absolute Gasteiger partial charge is 0.228 e. The van der Waals surface area contributed by atoms with Gasteiger partial charge in [-0.2, -0.15) is 0 Å². The molecule has 1 saturated carbocycles. The first-order valence-corrected chi connectivity index (χ1v) is 9.24. The van der Waals surface area contributed by atoms with Gasteiger partial charge in [0.15, 0.2) is 0 Å². The average molecular weight is 344 g/mol. The monoisotopic (exact) mass is 344 g/mol. The summed E-state index contributed by atoms with van der Waals surface area (Å²) in [6.07, 6.45) is 2.43. The quantitative estimate of drug-likeness (QED) is 0.710. The van der Waals surface area contributed by atoms with Crippen molar-refractivity contribution in [3.63, 3.8) is 0 Å². The second kappa shape index (κ2) is 6.58. The third-order valence-electron chi connectivity index (χ3n) is 5.55. The summed E-state index contributed by atoms with van der Waals surface area (Å²) in [6.45, 7) is 2.14. The SMILES string of the molecule is CC[C@@]1(N)C[C@H]1c1ccc(NC(=O)Cc2ccc3ccccc3c2)cc1. The van der Waals surface area contributed by atoms with E-state index in [9.17, 15) is 4.79 Å². The van der Waals surface area contributed by atoms with Gasteiger partial charge in [0.25, 0.3) is 0 Å². The summed E-state index contributed by atoms with van der Waals surface area (Å²) in [6, 6.07) is 22.5. The summed E-state index contributed by atoms with van der Waals surface area (Å²) >= 11 is 0. The molecular formula is C23H24N2O. The van der Waals surface area contributed by atoms with Crippen molar-refractivity contribution in [1.29, 1.82) is 0 Å². The number of rotatable bonds is 5. The van der Waals surface area contributed by atoms with Crippen LogP contribution < -0.4 is 11.1 Å². The lowest BCUT2D eigenvalue weighted by molar-refractivity contribution is -0.115. The molecule has 0 bridgehead atoms. The fraction of sp³-hybridized carbons (Fsp3) is 0.261. The fourth-order valence-corrected chi connectivity index (χ4v) is 3.70. The summed E-state index contributed by atoms with van der Waals surface area (Å²) in [5, 5.41) is 5.34. The molecule has 1 fully saturated rings. The van der Waals surface area contributed by atoms with Gasteiger partial charge in [0.05, 0.1) is 6.42 Å². The van der Waals surface area contributed by atoms with Crippen LogP contribution in [0, 0.1) is 0 Å². The zero-order chi connectivity index (χ0) is 18.1. The van der Waals surface area contributed by atoms with Gasteiger partial charge in [-0.15, -0.1) is 0 Å². The third-order valence-corrected chi connectivity index (χ3v) is 5.55. The lowest BCUT2D eigenvalue weighted by Gasteiger charge is -2.10. The number of hydrogen-bond acceptors (Lipinski definition) is 2. The molecule has 0 aromatic heterocycles. The molecule has 0 saturated heterocycles. The van der Waals surface area contributed by atoms with Crippen LogP contribution in [-0.4, -0.2) is 11.4 Å². The van der Waals surface area contributed by atoms with Crippen molar-refractivity contribution in [2.75, 3.05) is 5.32 Å². The van der Waals surface area contributed by atoms with Gasteiger partial charge < -0.3 is 11.1 Å². The third kappa shape index (κ3) is 3.35. The van der Waals surface area contributed by atoms with Gasteiger partial charge >= 0.3 is 0 Å². The van der Waals surface area contributed by atoms with Crippen molar-refractivity contribution < 1.29 is 4.79 Å². The number of hydrogen-bond donors (Lipinski definition) is 2. The Kier molecular flexibility index (Phi) is 4.25. The lowest BCUT2D eigenvalue weighted by Crippen LogP contribution is -2.22. The van der Waals surface area contributed by atoms with E-state index in [4.69, 9.17) is 5.73 Å². The van der Waals surface area contributed by atoms with Crippen LogP contribution >= 0.6 is 0 Å². The Bertz CT molecular complexity index is 948. The topological polar surface area (TPSA) is 55.1 Å². The van der Waals surface area contributed by atoms with Crippen molar-refractivity contribution in [3.8, 4) is 0 Å². The average Bonchev–Trinajstić information content (AvgIpc) is 3.34. The van der Waals surface area contributed by atoms with E-state index in [0.717, 1.165) is 29.5 Å². The number of carbonyl (C=O) groups excluding carboxylic acids is 1. The predicted molar refractivity (Wildman–Crippen MR) is 107 cm³/mol. The zero-order valence-corrected chi connectivity index (χ0v) is 15.0. The number of anilines is 1. The summed E-state index contributed by atoms with van der Waals surface area (Å²) in [5.41, 5.74) is 9.39. The van der Waals surface area contributed by atoms with Crippen LogP contribution in [-0.2, 0) is 11.2 Å². The highest BCUT2D eigenvalue weighted by atomic mass is 16.1. The van der Waals surface area contributed by atoms with Gasteiger partial charge in [-0.1, -0.05) is 61.5 Å². The molecule has 0 unspecified atom stereocenters. The van der Waals surface area contributed by atoms with E-state index >= 15 is 0 Å². The van der Waals surface area contributed by atoms with Crippen LogP contribution in [0.5, 0.6) is 0 Å². The largest absolute Gasteiger partial charge is 0.326 e. The van der Waals surface area contributed by atoms with E-state index < -0.39 is 0 Å². The van der Waals surface area contributed by atoms with Crippen LogP contribution in [0.2, 0.25) is 0 Å². The minimum Gasteiger partial charge on any atom is -0.326 e. The number of nitrogens with two attached hydrogens (primary N) is 1. The van der Waals surface area contributed by atoms with Gasteiger partial charge in [-0.25, -0.2) is 0 Å². The van der Waals surface area contributed by atoms with E-state index in [1.54, 1.807) is 0 Å². The van der Waals surface area contributed by atoms with Gasteiger partial charge in [0, 0.05) is 17.1 Å². The fourth-order valence-electron chi connectivity index (χ4n) is 3.70. The molecule has 0 spiro atoms. The highest BCUT2D eigenvalue weighted by molar-refractivity contribution is 5.93. The van der Waals surface area contributed by atoms with Gasteiger partial charge in [-0.3, -0.25) is 4.79 Å². The molecule has 0 heterocycles. The maximum atomic E-state index is 12.4. The Hall–Kier alpha value is -2.65. The molecule has 1 amide bonds. The number of carbonyl (C=O) groups is 1. The normalized spacial score (nSPS) is 21.5. The molecule has 4 rings (SSSR count). The summed E-state index contributed by atoms with van der Waals surface area (Å²) < 4.78 is 0. The molecule has 0 radical (unpaired) electrons. The Morgan fingerprint density at radius 2 is 1.81 bits per heavy atom. The van der Waals surface area contributed by atoms with E-state index in [-0.39, 0.29) is 11.4 Å². The molecule has 1 aliphatic carbocycles. The zero-order valence-electron chi connectivity index (χ0n) is 15.0. The Labute approximate surface area is 154 Å². The predicted octanol–water partition coefficient (Wildman–Crippen LogP) is 4.62. The summed E-state index contributed by atoms with van der Waals surface area (Å²) in [7, 11) is 0. The van der Waals surface area contributed by atoms with Crippen molar-refractivity contribution >= 4 is 22.4 Å². The van der Waals surface area contributed by atoms with E-state index in [1.165, 1.54) is 10.9 Å². The van der Waals surface area contributed by atoms with Crippen LogP contribution in [0.4, 0.5) is 5.69 Å². The second-order valence-corrected chi connectivity index (χ2v) is 7.37. The van der Waals surface area contributed by atoms with Crippen LogP contribution in [0.15, 0.2) is 66.7 Å². The Morgan fingerprint density at radius 1 is 1.08 bits per heavy atom. The number of benzene rings is 3. The molecule has 2 atom stereocenters. The molecule has 3 heteroatoms. The molecule has 132 valence electrons. The summed E-state index contributed by atoms with van der Waals surface area (Å²) in [5.74, 6) is 0.455. The van der Waals surface area contributed by atoms with Gasteiger partial charge in [-0.05, 0) is 46.9 Å². The van der Waals surface area contributed by atoms with E-state index in [0.29, 0.717) is 12.3 Å². The maximum absolute atomic E-state index is 12.4. The maximum Gasteiger partial charge on any atom is 0.228 e. The number of fused-ring (bicyclic) bond motifs is 1. The molecule has 1 aliphatic rings. The molecule has 3 N–H and O–H groups in total. The standard InChI is InChI=1S/C23H24N2O/c1-2-23(24)15-21(23)18-9-11-20(12-10-18)25-22(26)14-16-7-8-17-5-3-4-6-19(17)13-16/h3-13,21H,2,14-15,24H2,1H3,(H,25,26)/t21-,23+/m0/s1. The first-order valence-electron chi connectivity index (χ1n) is 9.24. The highest BCUT2D eigenvalue weighted by Gasteiger charge is 2.49. The Morgan fingerprint density at radius 3 is 2.50 bits per heavy atom. The Balaban J connectivity index is 1.40. The minimum atomic E-state index is -0.0269. The molecule has 3 nitrogen and oxygen atoms in total. The van der Waals surface area contributed by atoms with Crippen molar-refractivity contribution in [2.45, 2.75) is 37.6 Å². The summed E-state index contributed by atoms with van der Waals surface area (Å²) in [4.78, 5) is 12.4. The minimum absolute atomic E-state index is 0.00110. The lowest BCUT2D eigenvalue weighted by atomic mass is 10.0. The van der Waals surface area contributed by atoms with E-state index in [1.807, 2.05) is 30.3 Å². The van der Waals surface area contributed by atoms with Crippen LogP contribution in [0.25, 0.3) is 10.8 Å². The highest BCUT2D eigenvalue weighted by Crippen LogP contribution is 2.51. The first-order chi connectivity index (χ1) is 12.6. The van der Waals surface area contributed by atoms with Gasteiger partial charge in [0.2, 0.25) is 5.91 Å². The first kappa shape index (κ1) is 16.8. The molecule has 0 aliphatic heterocycles. The van der Waals surface area contributed by atoms with Crippen LogP contribution in [0.3, 0.4) is 0 Å². The molecular weight excluding hydrogens is 320 g/mol.